The number of nitrogens with one attached hydrogen (secondary N) is 1. The molecule has 0 saturated heterocycles. The van der Waals surface area contributed by atoms with Gasteiger partial charge in [-0.05, 0) is 18.6 Å². The van der Waals surface area contributed by atoms with Crippen LogP contribution in [0.2, 0.25) is 0 Å². The van der Waals surface area contributed by atoms with Crippen LogP contribution in [0.5, 0.6) is 0 Å². The molecule has 1 rings (SSSR count). The standard InChI is InChI=1S/C9H14N2.C4H10/c1-2-3-7-11-9-5-4-6-10-8-9;1-3-4-2/h4-6,8,11H,2-3,7H2,1H3;3-4H2,1-2H3. The maximum absolute atomic E-state index is 4.00. The van der Waals surface area contributed by atoms with Crippen molar-refractivity contribution in [2.45, 2.75) is 46.5 Å². The monoisotopic (exact) mass is 208 g/mol. The molecule has 1 heterocycles. The minimum atomic E-state index is 1.04. The Balaban J connectivity index is 0.000000423. The first-order valence-electron chi connectivity index (χ1n) is 5.99. The summed E-state index contributed by atoms with van der Waals surface area (Å²) in [5.74, 6) is 0. The number of aromatic nitrogens is 1. The van der Waals surface area contributed by atoms with Gasteiger partial charge in [-0.25, -0.2) is 0 Å². The molecular formula is C13H24N2. The van der Waals surface area contributed by atoms with Gasteiger partial charge in [0.05, 0.1) is 5.69 Å². The summed E-state index contributed by atoms with van der Waals surface area (Å²) in [6.07, 6.45) is 8.71. The summed E-state index contributed by atoms with van der Waals surface area (Å²) in [6.45, 7) is 7.59. The van der Waals surface area contributed by atoms with Crippen LogP contribution in [0, 0.1) is 0 Å². The third kappa shape index (κ3) is 9.26. The maximum atomic E-state index is 4.00. The SMILES string of the molecule is CCCC.CCCCNc1cccnc1. The fourth-order valence-corrected chi connectivity index (χ4v) is 0.877. The lowest BCUT2D eigenvalue weighted by Gasteiger charge is -2.02. The molecule has 2 heteroatoms. The number of unbranched alkanes of at least 4 members (excludes halogenated alkanes) is 2. The highest BCUT2D eigenvalue weighted by Crippen LogP contribution is 2.02. The first-order chi connectivity index (χ1) is 7.35. The highest BCUT2D eigenvalue weighted by atomic mass is 14.9. The normalized spacial score (nSPS) is 9.00. The average Bonchev–Trinajstić information content (AvgIpc) is 2.31. The fourth-order valence-electron chi connectivity index (χ4n) is 0.877. The summed E-state index contributed by atoms with van der Waals surface area (Å²) in [7, 11) is 0. The van der Waals surface area contributed by atoms with Crippen molar-refractivity contribution in [2.24, 2.45) is 0 Å². The van der Waals surface area contributed by atoms with Gasteiger partial charge in [0, 0.05) is 18.9 Å². The second-order valence-corrected chi connectivity index (χ2v) is 3.52. The molecule has 0 saturated carbocycles. The summed E-state index contributed by atoms with van der Waals surface area (Å²) in [6, 6.07) is 3.97. The Labute approximate surface area is 94.1 Å². The van der Waals surface area contributed by atoms with Gasteiger partial charge < -0.3 is 5.32 Å². The van der Waals surface area contributed by atoms with Crippen LogP contribution in [-0.2, 0) is 0 Å². The first kappa shape index (κ1) is 13.9. The van der Waals surface area contributed by atoms with Crippen LogP contribution in [0.4, 0.5) is 5.69 Å². The van der Waals surface area contributed by atoms with Crippen LogP contribution in [0.3, 0.4) is 0 Å². The van der Waals surface area contributed by atoms with Gasteiger partial charge in [-0.3, -0.25) is 4.98 Å². The fraction of sp³-hybridized carbons (Fsp3) is 0.615. The molecule has 0 aliphatic rings. The molecule has 0 aliphatic carbocycles. The molecule has 0 unspecified atom stereocenters. The van der Waals surface area contributed by atoms with Gasteiger partial charge in [-0.1, -0.05) is 40.0 Å². The van der Waals surface area contributed by atoms with Gasteiger partial charge in [0.25, 0.3) is 0 Å². The molecule has 0 fully saturated rings. The van der Waals surface area contributed by atoms with Crippen molar-refractivity contribution >= 4 is 5.69 Å². The van der Waals surface area contributed by atoms with Crippen molar-refractivity contribution in [3.05, 3.63) is 24.5 Å². The van der Waals surface area contributed by atoms with Crippen LogP contribution in [0.1, 0.15) is 46.5 Å². The van der Waals surface area contributed by atoms with E-state index < -0.39 is 0 Å². The number of pyridine rings is 1. The molecule has 0 radical (unpaired) electrons. The predicted molar refractivity (Wildman–Crippen MR) is 68.2 cm³/mol. The lowest BCUT2D eigenvalue weighted by atomic mass is 10.3. The maximum Gasteiger partial charge on any atom is 0.0526 e. The van der Waals surface area contributed by atoms with E-state index in [4.69, 9.17) is 0 Å². The molecule has 0 aliphatic heterocycles. The van der Waals surface area contributed by atoms with Crippen molar-refractivity contribution in [2.75, 3.05) is 11.9 Å². The van der Waals surface area contributed by atoms with Crippen LogP contribution in [-0.4, -0.2) is 11.5 Å². The molecule has 86 valence electrons. The van der Waals surface area contributed by atoms with E-state index >= 15 is 0 Å². The van der Waals surface area contributed by atoms with Gasteiger partial charge in [-0.2, -0.15) is 0 Å². The minimum Gasteiger partial charge on any atom is -0.384 e. The van der Waals surface area contributed by atoms with E-state index in [9.17, 15) is 0 Å². The molecule has 1 aromatic rings. The van der Waals surface area contributed by atoms with Gasteiger partial charge in [0.2, 0.25) is 0 Å². The number of hydrogen-bond acceptors (Lipinski definition) is 2. The number of anilines is 1. The summed E-state index contributed by atoms with van der Waals surface area (Å²) < 4.78 is 0. The zero-order chi connectivity index (χ0) is 11.4. The molecule has 15 heavy (non-hydrogen) atoms. The third-order valence-corrected chi connectivity index (χ3v) is 2.02. The van der Waals surface area contributed by atoms with E-state index in [1.165, 1.54) is 25.7 Å². The average molecular weight is 208 g/mol. The van der Waals surface area contributed by atoms with E-state index in [0.717, 1.165) is 12.2 Å². The number of nitrogens with zero attached hydrogens (tertiary/aromatic N) is 1. The zero-order valence-corrected chi connectivity index (χ0v) is 10.3. The summed E-state index contributed by atoms with van der Waals surface area (Å²) in [4.78, 5) is 4.00. The quantitative estimate of drug-likeness (QED) is 0.737. The molecule has 1 N–H and O–H groups in total. The smallest absolute Gasteiger partial charge is 0.0526 e. The molecule has 0 aromatic carbocycles. The summed E-state index contributed by atoms with van der Waals surface area (Å²) in [5, 5.41) is 3.28. The topological polar surface area (TPSA) is 24.9 Å². The Morgan fingerprint density at radius 3 is 2.33 bits per heavy atom. The Bertz CT molecular complexity index is 207. The molecule has 0 amide bonds. The van der Waals surface area contributed by atoms with Crippen LogP contribution >= 0.6 is 0 Å². The lowest BCUT2D eigenvalue weighted by molar-refractivity contribution is 0.834. The zero-order valence-electron chi connectivity index (χ0n) is 10.3. The van der Waals surface area contributed by atoms with Crippen molar-refractivity contribution in [3.63, 3.8) is 0 Å². The van der Waals surface area contributed by atoms with Crippen LogP contribution in [0.25, 0.3) is 0 Å². The summed E-state index contributed by atoms with van der Waals surface area (Å²) in [5.41, 5.74) is 1.11. The molecule has 2 nitrogen and oxygen atoms in total. The van der Waals surface area contributed by atoms with Crippen LogP contribution in [0.15, 0.2) is 24.5 Å². The van der Waals surface area contributed by atoms with E-state index in [-0.39, 0.29) is 0 Å². The highest BCUT2D eigenvalue weighted by Gasteiger charge is 1.87. The van der Waals surface area contributed by atoms with Crippen LogP contribution < -0.4 is 5.32 Å². The molecular weight excluding hydrogens is 184 g/mol. The Kier molecular flexibility index (Phi) is 10.3. The second kappa shape index (κ2) is 11.0. The third-order valence-electron chi connectivity index (χ3n) is 2.02. The largest absolute Gasteiger partial charge is 0.384 e. The van der Waals surface area contributed by atoms with Gasteiger partial charge in [-0.15, -0.1) is 0 Å². The van der Waals surface area contributed by atoms with Gasteiger partial charge >= 0.3 is 0 Å². The van der Waals surface area contributed by atoms with E-state index in [2.05, 4.69) is 31.1 Å². The van der Waals surface area contributed by atoms with Crippen molar-refractivity contribution in [3.8, 4) is 0 Å². The molecule has 0 spiro atoms. The second-order valence-electron chi connectivity index (χ2n) is 3.52. The van der Waals surface area contributed by atoms with Crippen molar-refractivity contribution in [1.29, 1.82) is 0 Å². The van der Waals surface area contributed by atoms with E-state index in [1.54, 1.807) is 6.20 Å². The molecule has 0 bridgehead atoms. The van der Waals surface area contributed by atoms with E-state index in [1.807, 2.05) is 18.3 Å². The highest BCUT2D eigenvalue weighted by molar-refractivity contribution is 5.39. The predicted octanol–water partition coefficient (Wildman–Crippen LogP) is 4.10. The van der Waals surface area contributed by atoms with Gasteiger partial charge in [0.15, 0.2) is 0 Å². The summed E-state index contributed by atoms with van der Waals surface area (Å²) >= 11 is 0. The lowest BCUT2D eigenvalue weighted by Crippen LogP contribution is -2.00. The Morgan fingerprint density at radius 2 is 1.87 bits per heavy atom. The molecule has 0 atom stereocenters. The van der Waals surface area contributed by atoms with E-state index in [0.29, 0.717) is 0 Å². The first-order valence-corrected chi connectivity index (χ1v) is 5.99. The number of rotatable bonds is 5. The Hall–Kier alpha value is -1.05. The van der Waals surface area contributed by atoms with Crippen molar-refractivity contribution < 1.29 is 0 Å². The molecule has 1 aromatic heterocycles. The Morgan fingerprint density at radius 1 is 1.13 bits per heavy atom. The van der Waals surface area contributed by atoms with Crippen molar-refractivity contribution in [1.82, 2.24) is 4.98 Å². The minimum absolute atomic E-state index is 1.04. The van der Waals surface area contributed by atoms with Gasteiger partial charge in [0.1, 0.15) is 0 Å². The number of hydrogen-bond donors (Lipinski definition) is 1.